The number of esters is 1. The molecule has 0 N–H and O–H groups in total. The van der Waals surface area contributed by atoms with Gasteiger partial charge in [-0.2, -0.15) is 0 Å². The fourth-order valence-electron chi connectivity index (χ4n) is 1.58. The molecule has 1 aromatic rings. The second-order valence-corrected chi connectivity index (χ2v) is 4.30. The van der Waals surface area contributed by atoms with Gasteiger partial charge < -0.3 is 4.74 Å². The molecule has 0 aromatic heterocycles. The standard InChI is InChI=1S/C12H14ClNO4/c1-3-5-8(2)18-12(15)9-6-4-7-10(13)11(9)14(16)17/h4,6-8H,3,5H2,1-2H3. The first-order valence-electron chi connectivity index (χ1n) is 5.61. The van der Waals surface area contributed by atoms with Crippen molar-refractivity contribution in [1.29, 1.82) is 0 Å². The molecule has 0 saturated heterocycles. The van der Waals surface area contributed by atoms with Crippen molar-refractivity contribution >= 4 is 23.3 Å². The van der Waals surface area contributed by atoms with Gasteiger partial charge in [0.25, 0.3) is 0 Å². The molecule has 0 heterocycles. The number of hydrogen-bond acceptors (Lipinski definition) is 4. The SMILES string of the molecule is CCCC(C)OC(=O)c1cccc(Cl)c1[N+](=O)[O-]. The summed E-state index contributed by atoms with van der Waals surface area (Å²) in [5.74, 6) is -0.717. The fraction of sp³-hybridized carbons (Fsp3) is 0.417. The van der Waals surface area contributed by atoms with Crippen molar-refractivity contribution in [3.63, 3.8) is 0 Å². The molecule has 18 heavy (non-hydrogen) atoms. The summed E-state index contributed by atoms with van der Waals surface area (Å²) in [6.45, 7) is 3.71. The number of rotatable bonds is 5. The number of hydrogen-bond donors (Lipinski definition) is 0. The van der Waals surface area contributed by atoms with Crippen molar-refractivity contribution < 1.29 is 14.5 Å². The molecule has 0 aliphatic heterocycles. The van der Waals surface area contributed by atoms with Crippen molar-refractivity contribution in [2.75, 3.05) is 0 Å². The molecule has 1 rings (SSSR count). The van der Waals surface area contributed by atoms with E-state index in [9.17, 15) is 14.9 Å². The predicted molar refractivity (Wildman–Crippen MR) is 67.9 cm³/mol. The van der Waals surface area contributed by atoms with Crippen LogP contribution in [-0.4, -0.2) is 17.0 Å². The molecule has 5 nitrogen and oxygen atoms in total. The number of ether oxygens (including phenoxy) is 1. The lowest BCUT2D eigenvalue weighted by Crippen LogP contribution is -2.16. The highest BCUT2D eigenvalue weighted by Crippen LogP contribution is 2.29. The second-order valence-electron chi connectivity index (χ2n) is 3.90. The quantitative estimate of drug-likeness (QED) is 0.466. The minimum absolute atomic E-state index is 0.0717. The van der Waals surface area contributed by atoms with Gasteiger partial charge in [-0.3, -0.25) is 10.1 Å². The highest BCUT2D eigenvalue weighted by Gasteiger charge is 2.25. The highest BCUT2D eigenvalue weighted by molar-refractivity contribution is 6.33. The van der Waals surface area contributed by atoms with E-state index in [1.165, 1.54) is 18.2 Å². The van der Waals surface area contributed by atoms with E-state index in [-0.39, 0.29) is 16.7 Å². The van der Waals surface area contributed by atoms with Gasteiger partial charge in [0.05, 0.1) is 11.0 Å². The van der Waals surface area contributed by atoms with Crippen LogP contribution < -0.4 is 0 Å². The van der Waals surface area contributed by atoms with E-state index in [1.54, 1.807) is 6.92 Å². The smallest absolute Gasteiger partial charge is 0.345 e. The number of nitro groups is 1. The van der Waals surface area contributed by atoms with Gasteiger partial charge >= 0.3 is 11.7 Å². The molecule has 0 saturated carbocycles. The van der Waals surface area contributed by atoms with Crippen LogP contribution in [0.1, 0.15) is 37.0 Å². The molecule has 0 aliphatic rings. The topological polar surface area (TPSA) is 69.4 Å². The summed E-state index contributed by atoms with van der Waals surface area (Å²) in [6, 6.07) is 4.19. The van der Waals surface area contributed by atoms with Crippen LogP contribution in [0.2, 0.25) is 5.02 Å². The predicted octanol–water partition coefficient (Wildman–Crippen LogP) is 3.59. The van der Waals surface area contributed by atoms with E-state index in [0.717, 1.165) is 6.42 Å². The zero-order valence-electron chi connectivity index (χ0n) is 10.2. The van der Waals surface area contributed by atoms with Crippen LogP contribution in [0.4, 0.5) is 5.69 Å². The summed E-state index contributed by atoms with van der Waals surface area (Å²) in [5.41, 5.74) is -0.525. The molecular formula is C12H14ClNO4. The van der Waals surface area contributed by atoms with Gasteiger partial charge in [-0.05, 0) is 25.5 Å². The monoisotopic (exact) mass is 271 g/mol. The summed E-state index contributed by atoms with van der Waals surface area (Å²) in [4.78, 5) is 22.0. The average molecular weight is 272 g/mol. The third-order valence-corrected chi connectivity index (χ3v) is 2.70. The van der Waals surface area contributed by atoms with Crippen molar-refractivity contribution in [1.82, 2.24) is 0 Å². The van der Waals surface area contributed by atoms with E-state index >= 15 is 0 Å². The Bertz CT molecular complexity index is 461. The summed E-state index contributed by atoms with van der Waals surface area (Å²) in [6.07, 6.45) is 1.30. The number of carbonyl (C=O) groups excluding carboxylic acids is 1. The summed E-state index contributed by atoms with van der Waals surface area (Å²) < 4.78 is 5.12. The third kappa shape index (κ3) is 3.43. The molecule has 0 radical (unpaired) electrons. The maximum absolute atomic E-state index is 11.8. The lowest BCUT2D eigenvalue weighted by Gasteiger charge is -2.12. The Kier molecular flexibility index (Phi) is 5.09. The van der Waals surface area contributed by atoms with Gasteiger partial charge in [0.1, 0.15) is 10.6 Å². The maximum atomic E-state index is 11.8. The van der Waals surface area contributed by atoms with Crippen molar-refractivity contribution in [2.45, 2.75) is 32.8 Å². The van der Waals surface area contributed by atoms with E-state index in [2.05, 4.69) is 0 Å². The van der Waals surface area contributed by atoms with Gasteiger partial charge in [0.2, 0.25) is 0 Å². The first-order valence-corrected chi connectivity index (χ1v) is 5.99. The first kappa shape index (κ1) is 14.4. The van der Waals surface area contributed by atoms with Crippen molar-refractivity contribution in [2.24, 2.45) is 0 Å². The zero-order valence-corrected chi connectivity index (χ0v) is 10.9. The number of nitro benzene ring substituents is 1. The Morgan fingerprint density at radius 2 is 2.22 bits per heavy atom. The highest BCUT2D eigenvalue weighted by atomic mass is 35.5. The molecule has 0 amide bonds. The molecule has 0 bridgehead atoms. The number of halogens is 1. The van der Waals surface area contributed by atoms with E-state index in [4.69, 9.17) is 16.3 Å². The number of benzene rings is 1. The summed E-state index contributed by atoms with van der Waals surface area (Å²) in [5, 5.41) is 10.8. The summed E-state index contributed by atoms with van der Waals surface area (Å²) >= 11 is 5.72. The minimum atomic E-state index is -0.717. The largest absolute Gasteiger partial charge is 0.459 e. The number of carbonyl (C=O) groups is 1. The van der Waals surface area contributed by atoms with Gasteiger partial charge in [0.15, 0.2) is 0 Å². The normalized spacial score (nSPS) is 11.9. The molecule has 0 spiro atoms. The Morgan fingerprint density at radius 1 is 1.56 bits per heavy atom. The van der Waals surface area contributed by atoms with Crippen LogP contribution in [0.25, 0.3) is 0 Å². The van der Waals surface area contributed by atoms with Crippen LogP contribution in [-0.2, 0) is 4.74 Å². The van der Waals surface area contributed by atoms with Crippen LogP contribution in [0.15, 0.2) is 18.2 Å². The molecule has 1 unspecified atom stereocenters. The zero-order chi connectivity index (χ0) is 13.7. The first-order chi connectivity index (χ1) is 8.47. The molecule has 1 aromatic carbocycles. The van der Waals surface area contributed by atoms with E-state index < -0.39 is 16.6 Å². The second kappa shape index (κ2) is 6.35. The van der Waals surface area contributed by atoms with Crippen LogP contribution in [0, 0.1) is 10.1 Å². The fourth-order valence-corrected chi connectivity index (χ4v) is 1.82. The Morgan fingerprint density at radius 3 is 2.78 bits per heavy atom. The number of nitrogens with zero attached hydrogens (tertiary/aromatic N) is 1. The van der Waals surface area contributed by atoms with Gasteiger partial charge in [0, 0.05) is 0 Å². The van der Waals surface area contributed by atoms with Crippen molar-refractivity contribution in [3.8, 4) is 0 Å². The Labute approximate surface area is 110 Å². The maximum Gasteiger partial charge on any atom is 0.345 e. The Hall–Kier alpha value is -1.62. The van der Waals surface area contributed by atoms with Gasteiger partial charge in [-0.15, -0.1) is 0 Å². The molecular weight excluding hydrogens is 258 g/mol. The molecule has 6 heteroatoms. The minimum Gasteiger partial charge on any atom is -0.459 e. The van der Waals surface area contributed by atoms with Crippen LogP contribution >= 0.6 is 11.6 Å². The van der Waals surface area contributed by atoms with E-state index in [0.29, 0.717) is 6.42 Å². The molecule has 0 aliphatic carbocycles. The lowest BCUT2D eigenvalue weighted by atomic mass is 10.1. The number of para-hydroxylation sites is 1. The van der Waals surface area contributed by atoms with Gasteiger partial charge in [-0.1, -0.05) is 31.0 Å². The summed E-state index contributed by atoms with van der Waals surface area (Å²) in [7, 11) is 0. The third-order valence-electron chi connectivity index (χ3n) is 2.39. The van der Waals surface area contributed by atoms with Gasteiger partial charge in [-0.25, -0.2) is 4.79 Å². The molecule has 0 fully saturated rings. The van der Waals surface area contributed by atoms with Crippen LogP contribution in [0.3, 0.4) is 0 Å². The van der Waals surface area contributed by atoms with Crippen LogP contribution in [0.5, 0.6) is 0 Å². The lowest BCUT2D eigenvalue weighted by molar-refractivity contribution is -0.385. The van der Waals surface area contributed by atoms with Crippen molar-refractivity contribution in [3.05, 3.63) is 38.9 Å². The molecule has 1 atom stereocenters. The Balaban J connectivity index is 2.99. The van der Waals surface area contributed by atoms with E-state index in [1.807, 2.05) is 6.92 Å². The average Bonchev–Trinajstić information content (AvgIpc) is 2.28. The molecule has 98 valence electrons.